The van der Waals surface area contributed by atoms with E-state index in [1.807, 2.05) is 0 Å². The fourth-order valence-corrected chi connectivity index (χ4v) is 5.83. The minimum Gasteiger partial charge on any atom is -0.394 e. The van der Waals surface area contributed by atoms with Crippen LogP contribution in [-0.4, -0.2) is 221 Å². The van der Waals surface area contributed by atoms with Gasteiger partial charge in [-0.3, -0.25) is 4.79 Å². The number of hydrogen-bond donors (Lipinski definition) is 14. The predicted molar refractivity (Wildman–Crippen MR) is 145 cm³/mol. The van der Waals surface area contributed by atoms with Gasteiger partial charge in [0, 0.05) is 6.92 Å². The highest BCUT2D eigenvalue weighted by Gasteiger charge is 2.54. The van der Waals surface area contributed by atoms with Crippen molar-refractivity contribution in [3.8, 4) is 0 Å². The molecule has 22 nitrogen and oxygen atoms in total. The van der Waals surface area contributed by atoms with Gasteiger partial charge < -0.3 is 105 Å². The number of rotatable bonds is 11. The van der Waals surface area contributed by atoms with Crippen molar-refractivity contribution in [1.29, 1.82) is 0 Å². The van der Waals surface area contributed by atoms with Crippen LogP contribution in [0.1, 0.15) is 6.92 Å². The van der Waals surface area contributed by atoms with Crippen molar-refractivity contribution in [2.45, 2.75) is 130 Å². The Kier molecular flexibility index (Phi) is 13.8. The lowest BCUT2D eigenvalue weighted by molar-refractivity contribution is -0.378. The molecule has 14 N–H and O–H groups in total. The summed E-state index contributed by atoms with van der Waals surface area (Å²) < 4.78 is 38.4. The average Bonchev–Trinajstić information content (AvgIpc) is 3.05. The van der Waals surface area contributed by atoms with E-state index in [0.29, 0.717) is 0 Å². The molecule has 0 bridgehead atoms. The molecule has 0 spiro atoms. The number of carbonyl (C=O) groups is 1. The maximum absolute atomic E-state index is 11.9. The Bertz CT molecular complexity index is 1030. The lowest BCUT2D eigenvalue weighted by Crippen LogP contribution is -2.68. The molecule has 0 aromatic carbocycles. The van der Waals surface area contributed by atoms with Crippen LogP contribution in [0.5, 0.6) is 0 Å². The smallest absolute Gasteiger partial charge is 0.217 e. The first-order valence-electron chi connectivity index (χ1n) is 15.1. The summed E-state index contributed by atoms with van der Waals surface area (Å²) in [7, 11) is 0. The number of nitrogens with one attached hydrogen (secondary N) is 1. The van der Waals surface area contributed by atoms with Crippen molar-refractivity contribution >= 4 is 5.91 Å². The predicted octanol–water partition coefficient (Wildman–Crippen LogP) is -9.61. The Hall–Kier alpha value is -1.33. The second-order valence-corrected chi connectivity index (χ2v) is 11.9. The van der Waals surface area contributed by atoms with Crippen molar-refractivity contribution in [1.82, 2.24) is 5.32 Å². The Balaban J connectivity index is 1.61. The second kappa shape index (κ2) is 16.8. The van der Waals surface area contributed by atoms with Gasteiger partial charge >= 0.3 is 0 Å². The van der Waals surface area contributed by atoms with Crippen molar-refractivity contribution in [2.75, 3.05) is 26.4 Å². The van der Waals surface area contributed by atoms with Gasteiger partial charge in [-0.15, -0.1) is 0 Å². The topological polar surface area (TPSA) is 357 Å². The van der Waals surface area contributed by atoms with E-state index in [2.05, 4.69) is 5.32 Å². The molecule has 22 heteroatoms. The number of amides is 1. The highest BCUT2D eigenvalue weighted by atomic mass is 16.8. The third-order valence-corrected chi connectivity index (χ3v) is 8.59. The van der Waals surface area contributed by atoms with Gasteiger partial charge in [-0.2, -0.15) is 0 Å². The Morgan fingerprint density at radius 2 is 0.979 bits per heavy atom. The third kappa shape index (κ3) is 8.24. The number of aliphatic hydroxyl groups excluding tert-OH is 13. The molecule has 1 amide bonds. The van der Waals surface area contributed by atoms with E-state index < -0.39 is 155 Å². The van der Waals surface area contributed by atoms with Gasteiger partial charge in [0.05, 0.1) is 26.4 Å². The summed E-state index contributed by atoms with van der Waals surface area (Å²) in [5.74, 6) is -0.707. The van der Waals surface area contributed by atoms with Crippen LogP contribution in [0.2, 0.25) is 0 Å². The summed E-state index contributed by atoms with van der Waals surface area (Å²) >= 11 is 0. The molecule has 280 valence electrons. The van der Waals surface area contributed by atoms with E-state index in [1.165, 1.54) is 0 Å². The molecule has 4 aliphatic rings. The van der Waals surface area contributed by atoms with E-state index in [1.54, 1.807) is 0 Å². The summed E-state index contributed by atoms with van der Waals surface area (Å²) in [4.78, 5) is 11.9. The number of ether oxygens (including phenoxy) is 7. The Morgan fingerprint density at radius 3 is 1.52 bits per heavy atom. The first-order chi connectivity index (χ1) is 22.6. The second-order valence-electron chi connectivity index (χ2n) is 11.9. The molecule has 0 aliphatic carbocycles. The molecule has 0 radical (unpaired) electrons. The first kappa shape index (κ1) is 39.5. The van der Waals surface area contributed by atoms with Crippen LogP contribution < -0.4 is 5.32 Å². The van der Waals surface area contributed by atoms with Crippen LogP contribution in [0.3, 0.4) is 0 Å². The summed E-state index contributed by atoms with van der Waals surface area (Å²) in [6.45, 7) is -2.14. The van der Waals surface area contributed by atoms with Gasteiger partial charge in [-0.1, -0.05) is 0 Å². The molecule has 0 saturated carbocycles. The molecule has 20 atom stereocenters. The molecule has 0 aromatic heterocycles. The van der Waals surface area contributed by atoms with E-state index in [4.69, 9.17) is 33.2 Å². The van der Waals surface area contributed by atoms with E-state index in [0.717, 1.165) is 6.92 Å². The normalized spacial score (nSPS) is 50.2. The number of hydrogen-bond acceptors (Lipinski definition) is 21. The van der Waals surface area contributed by atoms with Crippen LogP contribution in [-0.2, 0) is 38.0 Å². The molecule has 4 fully saturated rings. The Morgan fingerprint density at radius 1 is 0.542 bits per heavy atom. The molecule has 4 saturated heterocycles. The minimum absolute atomic E-state index is 0.707. The zero-order valence-corrected chi connectivity index (χ0v) is 25.5. The summed E-state index contributed by atoms with van der Waals surface area (Å²) in [5.41, 5.74) is 0. The SMILES string of the molecule is CC(=O)N[C@H]1C(O)O[C@H](CO)[C@@H](O)[C@@H]1O[C@@H]1O[C@H](CO[C@H]2O[C@H](CO)[C@H](O)[C@H](O)[C@H]2O)[C@@H](O)[C@H](O[C@@H]2O[C@H](CO)[C@H](O)[C@H](O)[C@H]2O)[C@H]1O. The molecule has 4 rings (SSSR count). The summed E-state index contributed by atoms with van der Waals surface area (Å²) in [6.07, 6.45) is -33.8. The zero-order chi connectivity index (χ0) is 35.6. The quantitative estimate of drug-likeness (QED) is 0.0947. The van der Waals surface area contributed by atoms with Crippen LogP contribution in [0, 0.1) is 0 Å². The molecule has 48 heavy (non-hydrogen) atoms. The zero-order valence-electron chi connectivity index (χ0n) is 25.5. The molecular formula is C26H45NO21. The Labute approximate surface area is 272 Å². The lowest BCUT2D eigenvalue weighted by Gasteiger charge is -2.49. The van der Waals surface area contributed by atoms with Crippen molar-refractivity contribution in [2.24, 2.45) is 0 Å². The minimum atomic E-state index is -2.08. The van der Waals surface area contributed by atoms with Crippen molar-refractivity contribution in [3.63, 3.8) is 0 Å². The highest BCUT2D eigenvalue weighted by Crippen LogP contribution is 2.33. The van der Waals surface area contributed by atoms with Crippen molar-refractivity contribution < 1.29 is 104 Å². The van der Waals surface area contributed by atoms with Gasteiger partial charge in [-0.05, 0) is 0 Å². The van der Waals surface area contributed by atoms with Crippen molar-refractivity contribution in [3.05, 3.63) is 0 Å². The lowest BCUT2D eigenvalue weighted by atomic mass is 9.95. The fourth-order valence-electron chi connectivity index (χ4n) is 5.83. The van der Waals surface area contributed by atoms with Crippen LogP contribution in [0.4, 0.5) is 0 Å². The molecule has 4 aliphatic heterocycles. The standard InChI is InChI=1S/C26H45NO21/c1-6(31)27-11-21(14(34)9(4-30)43-23(11)41)47-26-20(40)22(48-25-19(39)17(37)13(33)8(3-29)45-25)15(35)10(46-26)5-42-24-18(38)16(36)12(32)7(2-28)44-24/h7-26,28-30,32-41H,2-5H2,1H3,(H,27,31)/t7-,8-,9-,10-,11-,12+,13+,14-,15-,16+,17+,18-,19-,20-,21-,22+,23?,24+,25+,26+/m1/s1. The van der Waals surface area contributed by atoms with Crippen LogP contribution in [0.25, 0.3) is 0 Å². The molecular weight excluding hydrogens is 662 g/mol. The van der Waals surface area contributed by atoms with Crippen LogP contribution >= 0.6 is 0 Å². The number of aliphatic hydroxyl groups is 13. The van der Waals surface area contributed by atoms with E-state index in [-0.39, 0.29) is 0 Å². The van der Waals surface area contributed by atoms with Gasteiger partial charge in [-0.25, -0.2) is 0 Å². The largest absolute Gasteiger partial charge is 0.394 e. The third-order valence-electron chi connectivity index (χ3n) is 8.59. The average molecular weight is 708 g/mol. The van der Waals surface area contributed by atoms with E-state index >= 15 is 0 Å². The maximum Gasteiger partial charge on any atom is 0.217 e. The summed E-state index contributed by atoms with van der Waals surface area (Å²) in [6, 6.07) is -1.52. The highest BCUT2D eigenvalue weighted by molar-refractivity contribution is 5.73. The molecule has 4 heterocycles. The molecule has 1 unspecified atom stereocenters. The summed E-state index contributed by atoms with van der Waals surface area (Å²) in [5, 5.41) is 136. The fraction of sp³-hybridized carbons (Fsp3) is 0.962. The van der Waals surface area contributed by atoms with Gasteiger partial charge in [0.25, 0.3) is 0 Å². The number of carbonyl (C=O) groups excluding carboxylic acids is 1. The van der Waals surface area contributed by atoms with Crippen LogP contribution in [0.15, 0.2) is 0 Å². The molecule has 0 aromatic rings. The maximum atomic E-state index is 11.9. The monoisotopic (exact) mass is 707 g/mol. The first-order valence-corrected chi connectivity index (χ1v) is 15.1. The van der Waals surface area contributed by atoms with Gasteiger partial charge in [0.2, 0.25) is 5.91 Å². The van der Waals surface area contributed by atoms with E-state index in [9.17, 15) is 71.2 Å². The van der Waals surface area contributed by atoms with Gasteiger partial charge in [0.15, 0.2) is 25.2 Å². The van der Waals surface area contributed by atoms with Gasteiger partial charge in [0.1, 0.15) is 97.6 Å².